The topological polar surface area (TPSA) is 109 Å². The Bertz CT molecular complexity index is 1150. The van der Waals surface area contributed by atoms with E-state index in [1.807, 2.05) is 0 Å². The first-order valence-electron chi connectivity index (χ1n) is 7.17. The third kappa shape index (κ3) is 3.78. The van der Waals surface area contributed by atoms with Gasteiger partial charge in [0.25, 0.3) is 16.0 Å². The summed E-state index contributed by atoms with van der Waals surface area (Å²) in [6, 6.07) is 8.69. The molecule has 3 aromatic rings. The van der Waals surface area contributed by atoms with Gasteiger partial charge in [0.2, 0.25) is 0 Å². The van der Waals surface area contributed by atoms with Gasteiger partial charge < -0.3 is 5.32 Å². The Morgan fingerprint density at radius 1 is 1.04 bits per heavy atom. The number of nitrogens with one attached hydrogen (secondary N) is 1. The molecular formula is C16H11Cl2N3O4S. The molecule has 26 heavy (non-hydrogen) atoms. The normalized spacial score (nSPS) is 11.5. The fraction of sp³-hybridized carbons (Fsp3) is 0.0625. The standard InChI is InChI=1S/C16H11Cl2N3O4S/c1-8-6-10(3-5-13(8)26(23,24)25)19-16(22)9-2-4-11-12(7-9)21-15(18)14(17)20-11/h2-7H,1H3,(H,19,22)(H,23,24,25). The number of amides is 1. The molecule has 0 saturated carbocycles. The van der Waals surface area contributed by atoms with E-state index in [4.69, 9.17) is 27.8 Å². The Morgan fingerprint density at radius 2 is 1.69 bits per heavy atom. The predicted molar refractivity (Wildman–Crippen MR) is 98.5 cm³/mol. The van der Waals surface area contributed by atoms with E-state index in [9.17, 15) is 13.2 Å². The Balaban J connectivity index is 1.89. The Hall–Kier alpha value is -2.26. The average Bonchev–Trinajstić information content (AvgIpc) is 2.54. The van der Waals surface area contributed by atoms with Crippen LogP contribution in [0.25, 0.3) is 11.0 Å². The predicted octanol–water partition coefficient (Wildman–Crippen LogP) is 3.74. The highest BCUT2D eigenvalue weighted by Crippen LogP contribution is 2.23. The first kappa shape index (κ1) is 18.5. The van der Waals surface area contributed by atoms with Gasteiger partial charge in [-0.3, -0.25) is 9.35 Å². The molecule has 2 aromatic carbocycles. The smallest absolute Gasteiger partial charge is 0.294 e. The molecule has 10 heteroatoms. The van der Waals surface area contributed by atoms with Gasteiger partial charge in [-0.25, -0.2) is 9.97 Å². The van der Waals surface area contributed by atoms with Gasteiger partial charge in [-0.2, -0.15) is 8.42 Å². The van der Waals surface area contributed by atoms with Crippen LogP contribution in [0.2, 0.25) is 10.3 Å². The lowest BCUT2D eigenvalue weighted by Gasteiger charge is -2.09. The van der Waals surface area contributed by atoms with Crippen molar-refractivity contribution in [1.29, 1.82) is 0 Å². The van der Waals surface area contributed by atoms with Gasteiger partial charge in [-0.1, -0.05) is 23.2 Å². The molecule has 0 aliphatic heterocycles. The Morgan fingerprint density at radius 3 is 2.31 bits per heavy atom. The first-order chi connectivity index (χ1) is 12.1. The molecule has 134 valence electrons. The quantitative estimate of drug-likeness (QED) is 0.635. The van der Waals surface area contributed by atoms with Gasteiger partial charge >= 0.3 is 0 Å². The maximum Gasteiger partial charge on any atom is 0.294 e. The zero-order chi connectivity index (χ0) is 19.1. The van der Waals surface area contributed by atoms with Gasteiger partial charge in [0.15, 0.2) is 10.3 Å². The molecule has 0 unspecified atom stereocenters. The second kappa shape index (κ2) is 6.81. The number of hydrogen-bond acceptors (Lipinski definition) is 5. The van der Waals surface area contributed by atoms with Crippen LogP contribution in [-0.2, 0) is 10.1 Å². The number of halogens is 2. The highest BCUT2D eigenvalue weighted by Gasteiger charge is 2.15. The third-order valence-electron chi connectivity index (χ3n) is 3.56. The average molecular weight is 412 g/mol. The zero-order valence-corrected chi connectivity index (χ0v) is 15.5. The first-order valence-corrected chi connectivity index (χ1v) is 9.37. The summed E-state index contributed by atoms with van der Waals surface area (Å²) in [4.78, 5) is 20.3. The summed E-state index contributed by atoms with van der Waals surface area (Å²) in [6.07, 6.45) is 0. The van der Waals surface area contributed by atoms with Gasteiger partial charge in [0.1, 0.15) is 0 Å². The molecule has 0 bridgehead atoms. The number of carbonyl (C=O) groups is 1. The molecule has 0 saturated heterocycles. The molecule has 7 nitrogen and oxygen atoms in total. The monoisotopic (exact) mass is 411 g/mol. The highest BCUT2D eigenvalue weighted by molar-refractivity contribution is 7.85. The van der Waals surface area contributed by atoms with Crippen LogP contribution < -0.4 is 5.32 Å². The van der Waals surface area contributed by atoms with Crippen molar-refractivity contribution >= 4 is 55.9 Å². The van der Waals surface area contributed by atoms with Crippen molar-refractivity contribution in [2.24, 2.45) is 0 Å². The van der Waals surface area contributed by atoms with E-state index < -0.39 is 16.0 Å². The van der Waals surface area contributed by atoms with Crippen molar-refractivity contribution in [3.8, 4) is 0 Å². The number of fused-ring (bicyclic) bond motifs is 1. The number of aromatic nitrogens is 2. The fourth-order valence-corrected chi connectivity index (χ4v) is 3.34. The van der Waals surface area contributed by atoms with Crippen molar-refractivity contribution < 1.29 is 17.8 Å². The van der Waals surface area contributed by atoms with E-state index in [1.54, 1.807) is 12.1 Å². The highest BCUT2D eigenvalue weighted by atomic mass is 35.5. The minimum atomic E-state index is -4.31. The minimum absolute atomic E-state index is 0.0353. The molecule has 1 amide bonds. The van der Waals surface area contributed by atoms with Crippen molar-refractivity contribution in [2.75, 3.05) is 5.32 Å². The summed E-state index contributed by atoms with van der Waals surface area (Å²) in [7, 11) is -4.31. The summed E-state index contributed by atoms with van der Waals surface area (Å²) in [6.45, 7) is 1.51. The molecule has 0 spiro atoms. The van der Waals surface area contributed by atoms with E-state index in [2.05, 4.69) is 15.3 Å². The van der Waals surface area contributed by atoms with Gasteiger partial charge in [0, 0.05) is 11.3 Å². The molecule has 0 radical (unpaired) electrons. The lowest BCUT2D eigenvalue weighted by Crippen LogP contribution is -2.12. The van der Waals surface area contributed by atoms with Crippen LogP contribution in [0, 0.1) is 6.92 Å². The van der Waals surface area contributed by atoms with E-state index in [-0.39, 0.29) is 15.2 Å². The van der Waals surface area contributed by atoms with Crippen molar-refractivity contribution in [1.82, 2.24) is 9.97 Å². The Labute approximate surface area is 158 Å². The molecule has 0 aliphatic carbocycles. The minimum Gasteiger partial charge on any atom is -0.322 e. The van der Waals surface area contributed by atoms with E-state index in [0.717, 1.165) is 0 Å². The van der Waals surface area contributed by atoms with Crippen LogP contribution in [-0.4, -0.2) is 28.8 Å². The van der Waals surface area contributed by atoms with E-state index in [0.29, 0.717) is 27.8 Å². The van der Waals surface area contributed by atoms with Crippen LogP contribution in [0.3, 0.4) is 0 Å². The summed E-state index contributed by atoms with van der Waals surface area (Å²) >= 11 is 11.7. The maximum atomic E-state index is 12.4. The number of nitrogens with zero attached hydrogens (tertiary/aromatic N) is 2. The number of benzene rings is 2. The van der Waals surface area contributed by atoms with E-state index >= 15 is 0 Å². The van der Waals surface area contributed by atoms with Gasteiger partial charge in [-0.15, -0.1) is 0 Å². The molecule has 0 atom stereocenters. The fourth-order valence-electron chi connectivity index (χ4n) is 2.37. The molecule has 2 N–H and O–H groups in total. The van der Waals surface area contributed by atoms with Crippen LogP contribution in [0.5, 0.6) is 0 Å². The van der Waals surface area contributed by atoms with Crippen LogP contribution >= 0.6 is 23.2 Å². The number of aryl methyl sites for hydroxylation is 1. The van der Waals surface area contributed by atoms with Gasteiger partial charge in [-0.05, 0) is 48.9 Å². The van der Waals surface area contributed by atoms with Crippen molar-refractivity contribution in [3.63, 3.8) is 0 Å². The second-order valence-corrected chi connectivity index (χ2v) is 7.52. The van der Waals surface area contributed by atoms with Crippen molar-refractivity contribution in [3.05, 3.63) is 57.8 Å². The summed E-state index contributed by atoms with van der Waals surface area (Å²) in [5.41, 5.74) is 1.88. The third-order valence-corrected chi connectivity index (χ3v) is 5.19. The van der Waals surface area contributed by atoms with E-state index in [1.165, 1.54) is 31.2 Å². The van der Waals surface area contributed by atoms with Crippen LogP contribution in [0.15, 0.2) is 41.3 Å². The largest absolute Gasteiger partial charge is 0.322 e. The molecule has 1 aromatic heterocycles. The molecule has 3 rings (SSSR count). The summed E-state index contributed by atoms with van der Waals surface area (Å²) < 4.78 is 31.6. The number of carbonyl (C=O) groups excluding carboxylic acids is 1. The number of hydrogen-bond donors (Lipinski definition) is 2. The number of rotatable bonds is 3. The Kier molecular flexibility index (Phi) is 4.85. The lowest BCUT2D eigenvalue weighted by atomic mass is 10.1. The molecule has 0 fully saturated rings. The molecule has 1 heterocycles. The summed E-state index contributed by atoms with van der Waals surface area (Å²) in [5.74, 6) is -0.432. The zero-order valence-electron chi connectivity index (χ0n) is 13.2. The molecule has 0 aliphatic rings. The lowest BCUT2D eigenvalue weighted by molar-refractivity contribution is 0.102. The second-order valence-electron chi connectivity index (χ2n) is 5.42. The van der Waals surface area contributed by atoms with Crippen LogP contribution in [0.1, 0.15) is 15.9 Å². The number of anilines is 1. The van der Waals surface area contributed by atoms with Crippen LogP contribution in [0.4, 0.5) is 5.69 Å². The molecular weight excluding hydrogens is 401 g/mol. The maximum absolute atomic E-state index is 12.4. The van der Waals surface area contributed by atoms with Crippen molar-refractivity contribution in [2.45, 2.75) is 11.8 Å². The SMILES string of the molecule is Cc1cc(NC(=O)c2ccc3nc(Cl)c(Cl)nc3c2)ccc1S(=O)(=O)O. The summed E-state index contributed by atoms with van der Waals surface area (Å²) in [5, 5.41) is 2.76. The van der Waals surface area contributed by atoms with Gasteiger partial charge in [0.05, 0.1) is 15.9 Å².